The smallest absolute Gasteiger partial charge is 0.306 e. The van der Waals surface area contributed by atoms with Crippen molar-refractivity contribution in [1.82, 2.24) is 10.2 Å². The average Bonchev–Trinajstić information content (AvgIpc) is 2.28. The lowest BCUT2D eigenvalue weighted by atomic mass is 9.91. The molecule has 4 nitrogen and oxygen atoms in total. The molecule has 0 bridgehead atoms. The van der Waals surface area contributed by atoms with E-state index in [1.807, 2.05) is 14.0 Å². The second-order valence-corrected chi connectivity index (χ2v) is 5.14. The van der Waals surface area contributed by atoms with Crippen LogP contribution in [0.2, 0.25) is 0 Å². The molecule has 2 unspecified atom stereocenters. The minimum absolute atomic E-state index is 0.0574. The summed E-state index contributed by atoms with van der Waals surface area (Å²) in [7, 11) is 2.00. The summed E-state index contributed by atoms with van der Waals surface area (Å²) >= 11 is 0. The molecule has 0 aliphatic carbocycles. The second-order valence-electron chi connectivity index (χ2n) is 5.14. The summed E-state index contributed by atoms with van der Waals surface area (Å²) in [4.78, 5) is 14.0. The molecule has 1 fully saturated rings. The summed E-state index contributed by atoms with van der Waals surface area (Å²) in [6.07, 6.45) is 1.62. The molecule has 0 aromatic heterocycles. The van der Waals surface area contributed by atoms with Crippen molar-refractivity contribution in [3.8, 4) is 0 Å². The van der Waals surface area contributed by atoms with Crippen molar-refractivity contribution >= 4 is 5.97 Å². The van der Waals surface area contributed by atoms with Gasteiger partial charge < -0.3 is 10.1 Å². The fourth-order valence-corrected chi connectivity index (χ4v) is 2.47. The van der Waals surface area contributed by atoms with E-state index in [1.165, 1.54) is 0 Å². The second kappa shape index (κ2) is 6.97. The quantitative estimate of drug-likeness (QED) is 0.737. The molecule has 100 valence electrons. The van der Waals surface area contributed by atoms with Crippen LogP contribution >= 0.6 is 0 Å². The van der Waals surface area contributed by atoms with Crippen molar-refractivity contribution < 1.29 is 9.53 Å². The number of piperidine rings is 1. The molecule has 17 heavy (non-hydrogen) atoms. The highest BCUT2D eigenvalue weighted by molar-refractivity contribution is 5.69. The van der Waals surface area contributed by atoms with Gasteiger partial charge in [0.15, 0.2) is 0 Å². The SMILES string of the molecule is CCOC(=O)CC1CC(NC)CN(C(C)C)C1. The first-order chi connectivity index (χ1) is 8.06. The van der Waals surface area contributed by atoms with Gasteiger partial charge in [0.1, 0.15) is 0 Å². The van der Waals surface area contributed by atoms with Gasteiger partial charge in [0, 0.05) is 31.6 Å². The highest BCUT2D eigenvalue weighted by Crippen LogP contribution is 2.22. The highest BCUT2D eigenvalue weighted by Gasteiger charge is 2.29. The normalized spacial score (nSPS) is 26.2. The van der Waals surface area contributed by atoms with E-state index in [4.69, 9.17) is 4.74 Å². The lowest BCUT2D eigenvalue weighted by molar-refractivity contribution is -0.144. The van der Waals surface area contributed by atoms with Crippen LogP contribution in [0.15, 0.2) is 0 Å². The van der Waals surface area contributed by atoms with E-state index in [0.717, 1.165) is 19.5 Å². The van der Waals surface area contributed by atoms with Gasteiger partial charge in [-0.2, -0.15) is 0 Å². The first kappa shape index (κ1) is 14.5. The Hall–Kier alpha value is -0.610. The minimum atomic E-state index is -0.0574. The molecule has 1 aliphatic rings. The minimum Gasteiger partial charge on any atom is -0.466 e. The first-order valence-corrected chi connectivity index (χ1v) is 6.63. The number of nitrogens with zero attached hydrogens (tertiary/aromatic N) is 1. The van der Waals surface area contributed by atoms with Gasteiger partial charge in [-0.3, -0.25) is 9.69 Å². The van der Waals surface area contributed by atoms with E-state index in [0.29, 0.717) is 31.0 Å². The number of rotatable bonds is 5. The van der Waals surface area contributed by atoms with Crippen molar-refractivity contribution in [2.45, 2.75) is 45.7 Å². The Morgan fingerprint density at radius 3 is 2.71 bits per heavy atom. The van der Waals surface area contributed by atoms with Crippen LogP contribution in [0.3, 0.4) is 0 Å². The molecule has 4 heteroatoms. The zero-order chi connectivity index (χ0) is 12.8. The van der Waals surface area contributed by atoms with E-state index >= 15 is 0 Å². The van der Waals surface area contributed by atoms with Crippen LogP contribution in [0, 0.1) is 5.92 Å². The average molecular weight is 242 g/mol. The molecule has 0 aromatic carbocycles. The van der Waals surface area contributed by atoms with E-state index in [2.05, 4.69) is 24.1 Å². The molecule has 1 heterocycles. The summed E-state index contributed by atoms with van der Waals surface area (Å²) in [5.74, 6) is 0.362. The maximum Gasteiger partial charge on any atom is 0.306 e. The number of carbonyl (C=O) groups is 1. The Bertz CT molecular complexity index is 244. The number of hydrogen-bond donors (Lipinski definition) is 1. The zero-order valence-corrected chi connectivity index (χ0v) is 11.5. The first-order valence-electron chi connectivity index (χ1n) is 6.63. The zero-order valence-electron chi connectivity index (χ0n) is 11.5. The van der Waals surface area contributed by atoms with Crippen LogP contribution in [0.25, 0.3) is 0 Å². The van der Waals surface area contributed by atoms with Crippen molar-refractivity contribution in [2.75, 3.05) is 26.7 Å². The molecule has 1 saturated heterocycles. The molecular formula is C13H26N2O2. The third kappa shape index (κ3) is 4.64. The van der Waals surface area contributed by atoms with Crippen LogP contribution < -0.4 is 5.32 Å². The maximum absolute atomic E-state index is 11.5. The lowest BCUT2D eigenvalue weighted by Gasteiger charge is -2.39. The number of likely N-dealkylation sites (tertiary alicyclic amines) is 1. The fraction of sp³-hybridized carbons (Fsp3) is 0.923. The van der Waals surface area contributed by atoms with Crippen LogP contribution in [0.5, 0.6) is 0 Å². The third-order valence-corrected chi connectivity index (χ3v) is 3.46. The van der Waals surface area contributed by atoms with Gasteiger partial charge in [-0.25, -0.2) is 0 Å². The number of carbonyl (C=O) groups excluding carboxylic acids is 1. The van der Waals surface area contributed by atoms with Gasteiger partial charge >= 0.3 is 5.97 Å². The number of ether oxygens (including phenoxy) is 1. The Balaban J connectivity index is 2.50. The molecule has 0 amide bonds. The highest BCUT2D eigenvalue weighted by atomic mass is 16.5. The summed E-state index contributed by atoms with van der Waals surface area (Å²) in [5, 5.41) is 3.33. The molecular weight excluding hydrogens is 216 g/mol. The van der Waals surface area contributed by atoms with Gasteiger partial charge in [-0.1, -0.05) is 0 Å². The number of hydrogen-bond acceptors (Lipinski definition) is 4. The van der Waals surface area contributed by atoms with Crippen molar-refractivity contribution in [1.29, 1.82) is 0 Å². The molecule has 0 saturated carbocycles. The van der Waals surface area contributed by atoms with E-state index in [9.17, 15) is 4.79 Å². The third-order valence-electron chi connectivity index (χ3n) is 3.46. The van der Waals surface area contributed by atoms with Crippen molar-refractivity contribution in [3.63, 3.8) is 0 Å². The molecule has 0 aromatic rings. The number of likely N-dealkylation sites (N-methyl/N-ethyl adjacent to an activating group) is 1. The Kier molecular flexibility index (Phi) is 5.92. The molecule has 0 spiro atoms. The van der Waals surface area contributed by atoms with Crippen LogP contribution in [-0.2, 0) is 9.53 Å². The van der Waals surface area contributed by atoms with Crippen LogP contribution in [0.1, 0.15) is 33.6 Å². The van der Waals surface area contributed by atoms with Gasteiger partial charge in [0.05, 0.1) is 6.61 Å². The maximum atomic E-state index is 11.5. The lowest BCUT2D eigenvalue weighted by Crippen LogP contribution is -2.51. The van der Waals surface area contributed by atoms with Crippen molar-refractivity contribution in [2.24, 2.45) is 5.92 Å². The summed E-state index contributed by atoms with van der Waals surface area (Å²) < 4.78 is 5.03. The summed E-state index contributed by atoms with van der Waals surface area (Å²) in [6, 6.07) is 1.03. The van der Waals surface area contributed by atoms with Gasteiger partial charge in [0.2, 0.25) is 0 Å². The topological polar surface area (TPSA) is 41.6 Å². The van der Waals surface area contributed by atoms with Gasteiger partial charge in [-0.05, 0) is 40.2 Å². The molecule has 1 aliphatic heterocycles. The summed E-state index contributed by atoms with van der Waals surface area (Å²) in [6.45, 7) is 8.84. The van der Waals surface area contributed by atoms with Crippen LogP contribution in [0.4, 0.5) is 0 Å². The van der Waals surface area contributed by atoms with E-state index in [-0.39, 0.29) is 5.97 Å². The summed E-state index contributed by atoms with van der Waals surface area (Å²) in [5.41, 5.74) is 0. The van der Waals surface area contributed by atoms with Gasteiger partial charge in [0.25, 0.3) is 0 Å². The largest absolute Gasteiger partial charge is 0.466 e. The molecule has 1 N–H and O–H groups in total. The fourth-order valence-electron chi connectivity index (χ4n) is 2.47. The Morgan fingerprint density at radius 2 is 2.18 bits per heavy atom. The van der Waals surface area contributed by atoms with E-state index < -0.39 is 0 Å². The monoisotopic (exact) mass is 242 g/mol. The number of nitrogens with one attached hydrogen (secondary N) is 1. The molecule has 0 radical (unpaired) electrons. The molecule has 2 atom stereocenters. The Labute approximate surface area is 105 Å². The van der Waals surface area contributed by atoms with Crippen molar-refractivity contribution in [3.05, 3.63) is 0 Å². The predicted octanol–water partition coefficient (Wildman–Crippen LogP) is 1.26. The number of esters is 1. The molecule has 1 rings (SSSR count). The standard InChI is InChI=1S/C13H26N2O2/c1-5-17-13(16)7-11-6-12(14-4)9-15(8-11)10(2)3/h10-12,14H,5-9H2,1-4H3. The van der Waals surface area contributed by atoms with Crippen LogP contribution in [-0.4, -0.2) is 49.7 Å². The van der Waals surface area contributed by atoms with E-state index in [1.54, 1.807) is 0 Å². The predicted molar refractivity (Wildman–Crippen MR) is 68.9 cm³/mol. The Morgan fingerprint density at radius 1 is 1.47 bits per heavy atom. The van der Waals surface area contributed by atoms with Gasteiger partial charge in [-0.15, -0.1) is 0 Å².